The van der Waals surface area contributed by atoms with E-state index in [-0.39, 0.29) is 18.5 Å². The Bertz CT molecular complexity index is 483. The van der Waals surface area contributed by atoms with Gasteiger partial charge in [-0.3, -0.25) is 9.78 Å². The summed E-state index contributed by atoms with van der Waals surface area (Å²) >= 11 is 0. The molecular formula is C14H19N3O3. The third kappa shape index (κ3) is 4.87. The van der Waals surface area contributed by atoms with E-state index in [9.17, 15) is 9.59 Å². The maximum absolute atomic E-state index is 11.7. The molecular weight excluding hydrogens is 258 g/mol. The van der Waals surface area contributed by atoms with Gasteiger partial charge in [-0.1, -0.05) is 12.8 Å². The topological polar surface area (TPSA) is 91.3 Å². The third-order valence-corrected chi connectivity index (χ3v) is 3.18. The average molecular weight is 277 g/mol. The number of carbonyl (C=O) groups excluding carboxylic acids is 1. The van der Waals surface area contributed by atoms with Crippen LogP contribution in [0.2, 0.25) is 0 Å². The van der Waals surface area contributed by atoms with Crippen LogP contribution >= 0.6 is 0 Å². The highest BCUT2D eigenvalue weighted by Gasteiger charge is 2.24. The number of carbonyl (C=O) groups is 2. The van der Waals surface area contributed by atoms with E-state index in [1.54, 1.807) is 12.1 Å². The predicted octanol–water partition coefficient (Wildman–Crippen LogP) is 2.02. The molecule has 2 rings (SSSR count). The largest absolute Gasteiger partial charge is 0.481 e. The van der Waals surface area contributed by atoms with Gasteiger partial charge in [-0.15, -0.1) is 0 Å². The number of pyridine rings is 1. The molecule has 0 aliphatic heterocycles. The van der Waals surface area contributed by atoms with E-state index < -0.39 is 5.97 Å². The van der Waals surface area contributed by atoms with E-state index in [2.05, 4.69) is 15.6 Å². The van der Waals surface area contributed by atoms with E-state index in [1.165, 1.54) is 19.0 Å². The SMILES string of the molecule is CC(CC1CC1)NC(=O)Nc1ccc(CC(=O)O)nc1. The summed E-state index contributed by atoms with van der Waals surface area (Å²) in [4.78, 5) is 26.3. The zero-order chi connectivity index (χ0) is 14.5. The fourth-order valence-electron chi connectivity index (χ4n) is 2.06. The molecule has 0 aromatic carbocycles. The zero-order valence-corrected chi connectivity index (χ0v) is 11.4. The highest BCUT2D eigenvalue weighted by atomic mass is 16.4. The van der Waals surface area contributed by atoms with Crippen LogP contribution in [0.1, 0.15) is 31.9 Å². The van der Waals surface area contributed by atoms with Crippen LogP contribution in [0, 0.1) is 5.92 Å². The summed E-state index contributed by atoms with van der Waals surface area (Å²) in [5, 5.41) is 14.2. The van der Waals surface area contributed by atoms with Crippen LogP contribution in [-0.2, 0) is 11.2 Å². The molecule has 1 unspecified atom stereocenters. The smallest absolute Gasteiger partial charge is 0.319 e. The van der Waals surface area contributed by atoms with Crippen LogP contribution in [0.15, 0.2) is 18.3 Å². The Morgan fingerprint density at radius 3 is 2.75 bits per heavy atom. The van der Waals surface area contributed by atoms with Crippen LogP contribution in [-0.4, -0.2) is 28.1 Å². The van der Waals surface area contributed by atoms with Gasteiger partial charge in [0, 0.05) is 6.04 Å². The summed E-state index contributed by atoms with van der Waals surface area (Å²) < 4.78 is 0. The van der Waals surface area contributed by atoms with Gasteiger partial charge in [-0.25, -0.2) is 4.79 Å². The first-order valence-corrected chi connectivity index (χ1v) is 6.77. The minimum atomic E-state index is -0.926. The van der Waals surface area contributed by atoms with Crippen molar-refractivity contribution in [2.45, 2.75) is 38.6 Å². The van der Waals surface area contributed by atoms with E-state index in [1.807, 2.05) is 6.92 Å². The van der Waals surface area contributed by atoms with Gasteiger partial charge >= 0.3 is 12.0 Å². The number of hydrogen-bond donors (Lipinski definition) is 3. The van der Waals surface area contributed by atoms with Gasteiger partial charge in [-0.2, -0.15) is 0 Å². The van der Waals surface area contributed by atoms with Gasteiger partial charge in [0.1, 0.15) is 0 Å². The molecule has 1 fully saturated rings. The highest BCUT2D eigenvalue weighted by Crippen LogP contribution is 2.33. The molecule has 0 saturated heterocycles. The second-order valence-electron chi connectivity index (χ2n) is 5.29. The van der Waals surface area contributed by atoms with Gasteiger partial charge < -0.3 is 15.7 Å². The van der Waals surface area contributed by atoms with Crippen molar-refractivity contribution in [3.05, 3.63) is 24.0 Å². The number of carboxylic acids is 1. The van der Waals surface area contributed by atoms with Crippen molar-refractivity contribution in [3.63, 3.8) is 0 Å². The van der Waals surface area contributed by atoms with E-state index in [0.29, 0.717) is 11.4 Å². The molecule has 0 spiro atoms. The van der Waals surface area contributed by atoms with Crippen molar-refractivity contribution in [1.82, 2.24) is 10.3 Å². The molecule has 1 saturated carbocycles. The summed E-state index contributed by atoms with van der Waals surface area (Å²) in [7, 11) is 0. The molecule has 1 aliphatic rings. The summed E-state index contributed by atoms with van der Waals surface area (Å²) in [5.41, 5.74) is 1.01. The van der Waals surface area contributed by atoms with Crippen LogP contribution in [0.5, 0.6) is 0 Å². The van der Waals surface area contributed by atoms with Gasteiger partial charge in [0.25, 0.3) is 0 Å². The number of hydrogen-bond acceptors (Lipinski definition) is 3. The standard InChI is InChI=1S/C14H19N3O3/c1-9(6-10-2-3-10)16-14(20)17-12-5-4-11(15-8-12)7-13(18)19/h4-5,8-10H,2-3,6-7H2,1H3,(H,18,19)(H2,16,17,20). The van der Waals surface area contributed by atoms with Crippen molar-refractivity contribution in [1.29, 1.82) is 0 Å². The van der Waals surface area contributed by atoms with Crippen molar-refractivity contribution in [2.75, 3.05) is 5.32 Å². The molecule has 6 heteroatoms. The van der Waals surface area contributed by atoms with Crippen LogP contribution in [0.3, 0.4) is 0 Å². The third-order valence-electron chi connectivity index (χ3n) is 3.18. The maximum Gasteiger partial charge on any atom is 0.319 e. The molecule has 1 aromatic heterocycles. The van der Waals surface area contributed by atoms with Crippen LogP contribution in [0.4, 0.5) is 10.5 Å². The minimum Gasteiger partial charge on any atom is -0.481 e. The Kier molecular flexibility index (Phi) is 4.55. The highest BCUT2D eigenvalue weighted by molar-refractivity contribution is 5.89. The van der Waals surface area contributed by atoms with Gasteiger partial charge in [0.15, 0.2) is 0 Å². The van der Waals surface area contributed by atoms with E-state index >= 15 is 0 Å². The lowest BCUT2D eigenvalue weighted by molar-refractivity contribution is -0.136. The Balaban J connectivity index is 1.79. The molecule has 1 atom stereocenters. The Labute approximate surface area is 117 Å². The number of anilines is 1. The fraction of sp³-hybridized carbons (Fsp3) is 0.500. The maximum atomic E-state index is 11.7. The van der Waals surface area contributed by atoms with Crippen molar-refractivity contribution in [2.24, 2.45) is 5.92 Å². The molecule has 1 aliphatic carbocycles. The van der Waals surface area contributed by atoms with Gasteiger partial charge in [0.05, 0.1) is 24.0 Å². The Morgan fingerprint density at radius 1 is 1.45 bits per heavy atom. The number of amides is 2. The molecule has 1 heterocycles. The van der Waals surface area contributed by atoms with Crippen molar-refractivity contribution in [3.8, 4) is 0 Å². The average Bonchev–Trinajstić information content (AvgIpc) is 3.14. The minimum absolute atomic E-state index is 0.120. The number of carboxylic acid groups (broad SMARTS) is 1. The molecule has 6 nitrogen and oxygen atoms in total. The lowest BCUT2D eigenvalue weighted by Gasteiger charge is -2.14. The van der Waals surface area contributed by atoms with E-state index in [0.717, 1.165) is 12.3 Å². The summed E-state index contributed by atoms with van der Waals surface area (Å²) in [5.74, 6) is -0.160. The van der Waals surface area contributed by atoms with Crippen molar-refractivity contribution < 1.29 is 14.7 Å². The first kappa shape index (κ1) is 14.3. The van der Waals surface area contributed by atoms with Crippen molar-refractivity contribution >= 4 is 17.7 Å². The Hall–Kier alpha value is -2.11. The quantitative estimate of drug-likeness (QED) is 0.741. The lowest BCUT2D eigenvalue weighted by Crippen LogP contribution is -2.36. The van der Waals surface area contributed by atoms with E-state index in [4.69, 9.17) is 5.11 Å². The van der Waals surface area contributed by atoms with Crippen LogP contribution in [0.25, 0.3) is 0 Å². The number of aliphatic carboxylic acids is 1. The molecule has 0 bridgehead atoms. The normalized spacial score (nSPS) is 15.4. The second kappa shape index (κ2) is 6.36. The second-order valence-corrected chi connectivity index (χ2v) is 5.29. The number of rotatable bonds is 6. The lowest BCUT2D eigenvalue weighted by atomic mass is 10.2. The van der Waals surface area contributed by atoms with Gasteiger partial charge in [-0.05, 0) is 31.4 Å². The number of nitrogens with zero attached hydrogens (tertiary/aromatic N) is 1. The molecule has 2 amide bonds. The summed E-state index contributed by atoms with van der Waals surface area (Å²) in [6.45, 7) is 1.99. The van der Waals surface area contributed by atoms with Gasteiger partial charge in [0.2, 0.25) is 0 Å². The number of nitrogens with one attached hydrogen (secondary N) is 2. The summed E-state index contributed by atoms with van der Waals surface area (Å²) in [6.07, 6.45) is 4.89. The predicted molar refractivity (Wildman–Crippen MR) is 74.5 cm³/mol. The monoisotopic (exact) mass is 277 g/mol. The first-order chi connectivity index (χ1) is 9.52. The molecule has 3 N–H and O–H groups in total. The summed E-state index contributed by atoms with van der Waals surface area (Å²) in [6, 6.07) is 3.14. The van der Waals surface area contributed by atoms with Crippen LogP contribution < -0.4 is 10.6 Å². The Morgan fingerprint density at radius 2 is 2.20 bits per heavy atom. The molecule has 20 heavy (non-hydrogen) atoms. The number of urea groups is 1. The molecule has 1 aromatic rings. The zero-order valence-electron chi connectivity index (χ0n) is 11.4. The molecule has 0 radical (unpaired) electrons. The fourth-order valence-corrected chi connectivity index (χ4v) is 2.06. The molecule has 108 valence electrons. The number of aromatic nitrogens is 1. The first-order valence-electron chi connectivity index (χ1n) is 6.77.